The van der Waals surface area contributed by atoms with Crippen LogP contribution < -0.4 is 5.14 Å². The van der Waals surface area contributed by atoms with E-state index in [0.717, 1.165) is 13.0 Å². The molecule has 0 aliphatic carbocycles. The molecule has 1 saturated heterocycles. The zero-order valence-corrected chi connectivity index (χ0v) is 8.32. The average molecular weight is 189 g/mol. The quantitative estimate of drug-likeness (QED) is 0.514. The molecule has 0 saturated carbocycles. The second-order valence-corrected chi connectivity index (χ2v) is 5.15. The van der Waals surface area contributed by atoms with Crippen molar-refractivity contribution in [1.29, 1.82) is 0 Å². The van der Waals surface area contributed by atoms with E-state index in [9.17, 15) is 4.55 Å². The molecule has 1 atom stereocenters. The van der Waals surface area contributed by atoms with Gasteiger partial charge in [0.1, 0.15) is 0 Å². The standard InChI is InChI=1S/C8H15NO2S/c1-8(2,12(9)10)5-7-3-4-11-6-7/h5H,3-4,6,9H2,1-2H3. The molecule has 3 nitrogen and oxygen atoms in total. The molecule has 2 N–H and O–H groups in total. The minimum absolute atomic E-state index is 0.428. The van der Waals surface area contributed by atoms with Gasteiger partial charge in [0.25, 0.3) is 0 Å². The fourth-order valence-corrected chi connectivity index (χ4v) is 1.43. The summed E-state index contributed by atoms with van der Waals surface area (Å²) in [5.74, 6) is 0. The van der Waals surface area contributed by atoms with Crippen molar-refractivity contribution in [3.8, 4) is 0 Å². The molecule has 0 bridgehead atoms. The number of ether oxygens (including phenoxy) is 1. The average Bonchev–Trinajstić information content (AvgIpc) is 2.38. The van der Waals surface area contributed by atoms with Crippen molar-refractivity contribution in [2.75, 3.05) is 13.2 Å². The van der Waals surface area contributed by atoms with Crippen LogP contribution in [0.5, 0.6) is 0 Å². The minimum atomic E-state index is -1.30. The molecule has 0 spiro atoms. The molecule has 0 aromatic rings. The fourth-order valence-electron chi connectivity index (χ4n) is 1.14. The first-order chi connectivity index (χ1) is 5.52. The van der Waals surface area contributed by atoms with Crippen LogP contribution in [-0.2, 0) is 16.1 Å². The van der Waals surface area contributed by atoms with Gasteiger partial charge >= 0.3 is 0 Å². The largest absolute Gasteiger partial charge is 0.598 e. The van der Waals surface area contributed by atoms with Gasteiger partial charge in [-0.2, -0.15) is 5.14 Å². The van der Waals surface area contributed by atoms with Crippen LogP contribution in [0.4, 0.5) is 0 Å². The Labute approximate surface area is 76.3 Å². The van der Waals surface area contributed by atoms with Crippen LogP contribution in [0.1, 0.15) is 20.3 Å². The van der Waals surface area contributed by atoms with Gasteiger partial charge in [-0.15, -0.1) is 0 Å². The van der Waals surface area contributed by atoms with E-state index >= 15 is 0 Å². The van der Waals surface area contributed by atoms with Crippen molar-refractivity contribution < 1.29 is 9.29 Å². The van der Waals surface area contributed by atoms with Gasteiger partial charge in [-0.25, -0.2) is 0 Å². The zero-order valence-electron chi connectivity index (χ0n) is 7.50. The first-order valence-corrected chi connectivity index (χ1v) is 5.18. The fraction of sp³-hybridized carbons (Fsp3) is 0.750. The predicted octanol–water partition coefficient (Wildman–Crippen LogP) is 0.734. The monoisotopic (exact) mass is 189 g/mol. The first kappa shape index (κ1) is 10.1. The summed E-state index contributed by atoms with van der Waals surface area (Å²) in [7, 11) is 0. The summed E-state index contributed by atoms with van der Waals surface area (Å²) in [5, 5.41) is 5.34. The highest BCUT2D eigenvalue weighted by Gasteiger charge is 2.28. The maximum Gasteiger partial charge on any atom is 0.157 e. The van der Waals surface area contributed by atoms with Crippen molar-refractivity contribution in [3.63, 3.8) is 0 Å². The summed E-state index contributed by atoms with van der Waals surface area (Å²) in [6.07, 6.45) is 2.91. The van der Waals surface area contributed by atoms with Crippen LogP contribution in [0.25, 0.3) is 0 Å². The summed E-state index contributed by atoms with van der Waals surface area (Å²) in [5.41, 5.74) is 1.21. The summed E-state index contributed by atoms with van der Waals surface area (Å²) < 4.78 is 15.8. The van der Waals surface area contributed by atoms with Crippen LogP contribution in [-0.4, -0.2) is 22.5 Å². The molecule has 0 radical (unpaired) electrons. The molecule has 1 unspecified atom stereocenters. The Morgan fingerprint density at radius 1 is 1.67 bits per heavy atom. The molecular formula is C8H15NO2S. The molecule has 70 valence electrons. The molecule has 1 heterocycles. The second-order valence-electron chi connectivity index (χ2n) is 3.51. The van der Waals surface area contributed by atoms with E-state index in [1.165, 1.54) is 5.57 Å². The van der Waals surface area contributed by atoms with Crippen LogP contribution in [0.2, 0.25) is 0 Å². The number of rotatable bonds is 2. The topological polar surface area (TPSA) is 58.3 Å². The smallest absolute Gasteiger partial charge is 0.157 e. The minimum Gasteiger partial charge on any atom is -0.598 e. The Bertz CT molecular complexity index is 181. The van der Waals surface area contributed by atoms with Crippen LogP contribution >= 0.6 is 0 Å². The number of hydrogen-bond donors (Lipinski definition) is 1. The molecule has 12 heavy (non-hydrogen) atoms. The third-order valence-electron chi connectivity index (χ3n) is 1.93. The highest BCUT2D eigenvalue weighted by molar-refractivity contribution is 7.90. The van der Waals surface area contributed by atoms with Gasteiger partial charge in [-0.05, 0) is 31.9 Å². The lowest BCUT2D eigenvalue weighted by atomic mass is 10.1. The zero-order chi connectivity index (χ0) is 9.19. The normalized spacial score (nSPS) is 24.8. The molecule has 1 fully saturated rings. The van der Waals surface area contributed by atoms with E-state index in [-0.39, 0.29) is 0 Å². The van der Waals surface area contributed by atoms with Crippen molar-refractivity contribution in [3.05, 3.63) is 11.6 Å². The Kier molecular flexibility index (Phi) is 3.17. The van der Waals surface area contributed by atoms with E-state index in [2.05, 4.69) is 0 Å². The molecule has 1 aliphatic heterocycles. The Morgan fingerprint density at radius 3 is 2.75 bits per heavy atom. The van der Waals surface area contributed by atoms with E-state index in [1.54, 1.807) is 0 Å². The van der Waals surface area contributed by atoms with Crippen molar-refractivity contribution in [2.45, 2.75) is 25.0 Å². The van der Waals surface area contributed by atoms with E-state index in [0.29, 0.717) is 6.61 Å². The molecule has 0 aromatic carbocycles. The van der Waals surface area contributed by atoms with E-state index in [4.69, 9.17) is 9.88 Å². The van der Waals surface area contributed by atoms with Gasteiger partial charge in [0.2, 0.25) is 0 Å². The Balaban J connectivity index is 2.63. The highest BCUT2D eigenvalue weighted by atomic mass is 32.2. The van der Waals surface area contributed by atoms with Crippen LogP contribution in [0, 0.1) is 0 Å². The number of hydrogen-bond acceptors (Lipinski definition) is 3. The van der Waals surface area contributed by atoms with Gasteiger partial charge < -0.3 is 9.29 Å². The predicted molar refractivity (Wildman–Crippen MR) is 49.9 cm³/mol. The third kappa shape index (κ3) is 2.48. The van der Waals surface area contributed by atoms with Gasteiger partial charge in [0, 0.05) is 11.4 Å². The van der Waals surface area contributed by atoms with Gasteiger partial charge in [0.05, 0.1) is 13.2 Å². The van der Waals surface area contributed by atoms with Crippen molar-refractivity contribution in [2.24, 2.45) is 5.14 Å². The lowest BCUT2D eigenvalue weighted by molar-refractivity contribution is 0.204. The number of nitrogens with two attached hydrogens (primary N) is 1. The lowest BCUT2D eigenvalue weighted by Crippen LogP contribution is -2.36. The first-order valence-electron chi connectivity index (χ1n) is 3.97. The second kappa shape index (κ2) is 3.79. The lowest BCUT2D eigenvalue weighted by Gasteiger charge is -2.20. The molecule has 1 rings (SSSR count). The highest BCUT2D eigenvalue weighted by Crippen LogP contribution is 2.21. The summed E-state index contributed by atoms with van der Waals surface area (Å²) in [6, 6.07) is 0. The Morgan fingerprint density at radius 2 is 2.33 bits per heavy atom. The van der Waals surface area contributed by atoms with Crippen LogP contribution in [0.15, 0.2) is 11.6 Å². The van der Waals surface area contributed by atoms with Gasteiger partial charge in [0.15, 0.2) is 4.75 Å². The molecule has 0 amide bonds. The molecular weight excluding hydrogens is 174 g/mol. The molecule has 4 heteroatoms. The van der Waals surface area contributed by atoms with E-state index < -0.39 is 16.1 Å². The molecule has 0 aromatic heterocycles. The molecule has 1 aliphatic rings. The third-order valence-corrected chi connectivity index (χ3v) is 3.08. The van der Waals surface area contributed by atoms with Gasteiger partial charge in [-0.3, -0.25) is 0 Å². The van der Waals surface area contributed by atoms with Crippen molar-refractivity contribution >= 4 is 11.4 Å². The van der Waals surface area contributed by atoms with E-state index in [1.807, 2.05) is 19.9 Å². The SMILES string of the molecule is CC(C)(C=C1CCOC1)[S+](N)[O-]. The summed E-state index contributed by atoms with van der Waals surface area (Å²) in [6.45, 7) is 5.18. The summed E-state index contributed by atoms with van der Waals surface area (Å²) >= 11 is -1.30. The Hall–Kier alpha value is -0.0300. The summed E-state index contributed by atoms with van der Waals surface area (Å²) in [4.78, 5) is 0. The van der Waals surface area contributed by atoms with Crippen molar-refractivity contribution in [1.82, 2.24) is 0 Å². The van der Waals surface area contributed by atoms with Crippen LogP contribution in [0.3, 0.4) is 0 Å². The maximum absolute atomic E-state index is 11.1. The van der Waals surface area contributed by atoms with Gasteiger partial charge in [-0.1, -0.05) is 0 Å². The maximum atomic E-state index is 11.1.